The first kappa shape index (κ1) is 21.6. The Balaban J connectivity index is 1.30. The van der Waals surface area contributed by atoms with E-state index in [0.717, 1.165) is 27.3 Å². The summed E-state index contributed by atoms with van der Waals surface area (Å²) in [7, 11) is 0. The van der Waals surface area contributed by atoms with Crippen LogP contribution in [0.25, 0.3) is 27.6 Å². The number of carbonyl (C=O) groups excluding carboxylic acids is 2. The molecule has 1 aliphatic carbocycles. The van der Waals surface area contributed by atoms with Gasteiger partial charge in [0.1, 0.15) is 5.75 Å². The van der Waals surface area contributed by atoms with Crippen molar-refractivity contribution in [2.24, 2.45) is 0 Å². The molecule has 0 saturated heterocycles. The van der Waals surface area contributed by atoms with E-state index >= 15 is 0 Å². The summed E-state index contributed by atoms with van der Waals surface area (Å²) in [4.78, 5) is 26.0. The van der Waals surface area contributed by atoms with Gasteiger partial charge in [-0.2, -0.15) is 0 Å². The van der Waals surface area contributed by atoms with Crippen molar-refractivity contribution in [1.82, 2.24) is 5.32 Å². The first-order valence-corrected chi connectivity index (χ1v) is 11.7. The van der Waals surface area contributed by atoms with Gasteiger partial charge in [-0.25, -0.2) is 0 Å². The van der Waals surface area contributed by atoms with Crippen molar-refractivity contribution < 1.29 is 14.7 Å². The van der Waals surface area contributed by atoms with Crippen LogP contribution in [-0.2, 0) is 0 Å². The first-order chi connectivity index (χ1) is 17.6. The summed E-state index contributed by atoms with van der Waals surface area (Å²) < 4.78 is 0. The molecular formula is C31H22N2O3. The molecule has 0 aromatic heterocycles. The highest BCUT2D eigenvalue weighted by Gasteiger charge is 2.22. The second-order valence-electron chi connectivity index (χ2n) is 8.85. The van der Waals surface area contributed by atoms with Gasteiger partial charge >= 0.3 is 0 Å². The lowest BCUT2D eigenvalue weighted by molar-refractivity contribution is 0.0941. The Morgan fingerprint density at radius 2 is 1.53 bits per heavy atom. The minimum atomic E-state index is -0.389. The van der Waals surface area contributed by atoms with Gasteiger partial charge in [0.15, 0.2) is 0 Å². The van der Waals surface area contributed by atoms with E-state index in [1.807, 2.05) is 60.7 Å². The number of benzene rings is 5. The number of aromatic hydroxyl groups is 1. The SMILES string of the molecule is O=C(Nc1ccccc1)c1ccc2cc(O)c(C(=O)NC3C=Cc4cccc5cccc3c45)cc2c1. The zero-order valence-corrected chi connectivity index (χ0v) is 19.2. The number of nitrogens with one attached hydrogen (secondary N) is 2. The fraction of sp³-hybridized carbons (Fsp3) is 0.0323. The minimum absolute atomic E-state index is 0.111. The lowest BCUT2D eigenvalue weighted by atomic mass is 9.90. The van der Waals surface area contributed by atoms with Crippen LogP contribution >= 0.6 is 0 Å². The smallest absolute Gasteiger partial charge is 0.255 e. The summed E-state index contributed by atoms with van der Waals surface area (Å²) in [5.74, 6) is -0.749. The normalized spacial score (nSPS) is 14.1. The van der Waals surface area contributed by atoms with E-state index in [1.165, 1.54) is 0 Å². The molecule has 5 heteroatoms. The fourth-order valence-electron chi connectivity index (χ4n) is 4.78. The van der Waals surface area contributed by atoms with Gasteiger partial charge in [-0.05, 0) is 69.1 Å². The molecule has 0 heterocycles. The van der Waals surface area contributed by atoms with Gasteiger partial charge < -0.3 is 15.7 Å². The monoisotopic (exact) mass is 470 g/mol. The van der Waals surface area contributed by atoms with Crippen LogP contribution in [0, 0.1) is 0 Å². The van der Waals surface area contributed by atoms with Gasteiger partial charge in [0.2, 0.25) is 0 Å². The second-order valence-corrected chi connectivity index (χ2v) is 8.85. The highest BCUT2D eigenvalue weighted by atomic mass is 16.3. The third kappa shape index (κ3) is 3.87. The van der Waals surface area contributed by atoms with Crippen LogP contribution in [0.5, 0.6) is 5.75 Å². The molecule has 5 nitrogen and oxygen atoms in total. The average molecular weight is 471 g/mol. The van der Waals surface area contributed by atoms with Gasteiger partial charge in [0.05, 0.1) is 11.6 Å². The number of para-hydroxylation sites is 1. The lowest BCUT2D eigenvalue weighted by Crippen LogP contribution is -2.28. The summed E-state index contributed by atoms with van der Waals surface area (Å²) in [6.07, 6.45) is 3.97. The molecule has 1 aliphatic rings. The van der Waals surface area contributed by atoms with Crippen LogP contribution < -0.4 is 10.6 Å². The number of amides is 2. The van der Waals surface area contributed by atoms with Gasteiger partial charge in [-0.3, -0.25) is 9.59 Å². The van der Waals surface area contributed by atoms with Crippen molar-refractivity contribution >= 4 is 45.1 Å². The van der Waals surface area contributed by atoms with Crippen molar-refractivity contribution in [3.05, 3.63) is 125 Å². The van der Waals surface area contributed by atoms with Crippen molar-refractivity contribution in [3.63, 3.8) is 0 Å². The maximum Gasteiger partial charge on any atom is 0.255 e. The number of hydrogen-bond donors (Lipinski definition) is 3. The maximum absolute atomic E-state index is 13.3. The van der Waals surface area contributed by atoms with Crippen LogP contribution in [0.1, 0.15) is 37.9 Å². The number of carbonyl (C=O) groups is 2. The van der Waals surface area contributed by atoms with Crippen molar-refractivity contribution in [2.45, 2.75) is 6.04 Å². The van der Waals surface area contributed by atoms with Crippen LogP contribution in [0.3, 0.4) is 0 Å². The molecule has 174 valence electrons. The van der Waals surface area contributed by atoms with Gasteiger partial charge in [0, 0.05) is 11.3 Å². The first-order valence-electron chi connectivity index (χ1n) is 11.7. The third-order valence-electron chi connectivity index (χ3n) is 6.55. The van der Waals surface area contributed by atoms with Crippen LogP contribution in [0.15, 0.2) is 103 Å². The Bertz CT molecular complexity index is 1680. The van der Waals surface area contributed by atoms with E-state index in [-0.39, 0.29) is 29.2 Å². The summed E-state index contributed by atoms with van der Waals surface area (Å²) >= 11 is 0. The molecule has 6 rings (SSSR count). The van der Waals surface area contributed by atoms with E-state index in [0.29, 0.717) is 16.6 Å². The number of phenols is 1. The average Bonchev–Trinajstić information content (AvgIpc) is 2.90. The second kappa shape index (κ2) is 8.71. The Hall–Kier alpha value is -4.90. The highest BCUT2D eigenvalue weighted by Crippen LogP contribution is 2.34. The number of phenolic OH excluding ortho intramolecular Hbond substituents is 1. The molecule has 1 unspecified atom stereocenters. The number of rotatable bonds is 4. The number of anilines is 1. The lowest BCUT2D eigenvalue weighted by Gasteiger charge is -2.22. The summed E-state index contributed by atoms with van der Waals surface area (Å²) in [6, 6.07) is 29.4. The molecule has 0 spiro atoms. The Labute approximate surface area is 207 Å². The van der Waals surface area contributed by atoms with Gasteiger partial charge in [-0.1, -0.05) is 72.8 Å². The molecule has 5 aromatic rings. The predicted octanol–water partition coefficient (Wildman–Crippen LogP) is 6.45. The minimum Gasteiger partial charge on any atom is -0.507 e. The van der Waals surface area contributed by atoms with Gasteiger partial charge in [0.25, 0.3) is 11.8 Å². The Morgan fingerprint density at radius 3 is 2.36 bits per heavy atom. The molecule has 0 saturated carbocycles. The predicted molar refractivity (Wildman–Crippen MR) is 143 cm³/mol. The Kier molecular flexibility index (Phi) is 5.23. The van der Waals surface area contributed by atoms with E-state index in [2.05, 4.69) is 28.8 Å². The molecule has 0 fully saturated rings. The molecule has 2 amide bonds. The Morgan fingerprint density at radius 1 is 0.722 bits per heavy atom. The van der Waals surface area contributed by atoms with Crippen molar-refractivity contribution in [1.29, 1.82) is 0 Å². The van der Waals surface area contributed by atoms with E-state index in [4.69, 9.17) is 0 Å². The van der Waals surface area contributed by atoms with E-state index in [1.54, 1.807) is 30.3 Å². The zero-order chi connectivity index (χ0) is 24.6. The molecule has 0 aliphatic heterocycles. The molecule has 0 radical (unpaired) electrons. The molecule has 36 heavy (non-hydrogen) atoms. The summed E-state index contributed by atoms with van der Waals surface area (Å²) in [5, 5.41) is 20.2. The van der Waals surface area contributed by atoms with Crippen LogP contribution in [0.2, 0.25) is 0 Å². The molecule has 0 bridgehead atoms. The van der Waals surface area contributed by atoms with Crippen molar-refractivity contribution in [2.75, 3.05) is 5.32 Å². The summed E-state index contributed by atoms with van der Waals surface area (Å²) in [5.41, 5.74) is 3.44. The highest BCUT2D eigenvalue weighted by molar-refractivity contribution is 6.08. The quantitative estimate of drug-likeness (QED) is 0.282. The maximum atomic E-state index is 13.3. The van der Waals surface area contributed by atoms with E-state index in [9.17, 15) is 14.7 Å². The van der Waals surface area contributed by atoms with Crippen molar-refractivity contribution in [3.8, 4) is 5.75 Å². The standard InChI is InChI=1S/C31H22N2O3/c34-28-18-21-12-13-22(30(35)32-24-9-2-1-3-10-24)16-23(21)17-26(28)31(36)33-27-15-14-20-7-4-6-19-8-5-11-25(27)29(19)20/h1-18,27,34H,(H,32,35)(H,33,36). The summed E-state index contributed by atoms with van der Waals surface area (Å²) in [6.45, 7) is 0. The van der Waals surface area contributed by atoms with E-state index < -0.39 is 0 Å². The third-order valence-corrected chi connectivity index (χ3v) is 6.55. The molecular weight excluding hydrogens is 448 g/mol. The van der Waals surface area contributed by atoms with Crippen LogP contribution in [-0.4, -0.2) is 16.9 Å². The molecule has 3 N–H and O–H groups in total. The largest absolute Gasteiger partial charge is 0.507 e. The zero-order valence-electron chi connectivity index (χ0n) is 19.2. The van der Waals surface area contributed by atoms with Gasteiger partial charge in [-0.15, -0.1) is 0 Å². The van der Waals surface area contributed by atoms with Crippen LogP contribution in [0.4, 0.5) is 5.69 Å². The fourth-order valence-corrected chi connectivity index (χ4v) is 4.78. The number of hydrogen-bond acceptors (Lipinski definition) is 3. The number of fused-ring (bicyclic) bond motifs is 1. The molecule has 5 aromatic carbocycles. The molecule has 1 atom stereocenters. The topological polar surface area (TPSA) is 78.4 Å².